The van der Waals surface area contributed by atoms with Gasteiger partial charge in [-0.25, -0.2) is 4.79 Å². The Morgan fingerprint density at radius 2 is 1.85 bits per heavy atom. The van der Waals surface area contributed by atoms with Gasteiger partial charge in [-0.2, -0.15) is 0 Å². The van der Waals surface area contributed by atoms with E-state index in [1.165, 1.54) is 5.56 Å². The molecule has 4 nitrogen and oxygen atoms in total. The Bertz CT molecular complexity index is 828. The van der Waals surface area contributed by atoms with Crippen LogP contribution < -0.4 is 5.32 Å². The zero-order chi connectivity index (χ0) is 19.8. The second-order valence-corrected chi connectivity index (χ2v) is 8.25. The highest BCUT2D eigenvalue weighted by Gasteiger charge is 2.43. The van der Waals surface area contributed by atoms with Gasteiger partial charge in [-0.15, -0.1) is 0 Å². The molecule has 0 aromatic heterocycles. The van der Waals surface area contributed by atoms with Gasteiger partial charge in [-0.05, 0) is 43.2 Å². The molecule has 0 fully saturated rings. The largest absolute Gasteiger partial charge is 0.463 e. The van der Waals surface area contributed by atoms with Crippen molar-refractivity contribution < 1.29 is 14.3 Å². The molecule has 1 unspecified atom stereocenters. The lowest BCUT2D eigenvalue weighted by atomic mass is 9.68. The molecule has 1 aromatic rings. The molecule has 4 heteroatoms. The number of carbonyl (C=O) groups excluding carboxylic acids is 2. The molecule has 1 aliphatic carbocycles. The summed E-state index contributed by atoms with van der Waals surface area (Å²) < 4.78 is 5.33. The molecule has 1 N–H and O–H groups in total. The number of hydrogen-bond acceptors (Lipinski definition) is 4. The van der Waals surface area contributed by atoms with Gasteiger partial charge in [-0.1, -0.05) is 45.0 Å². The van der Waals surface area contributed by atoms with Crippen LogP contribution in [0.25, 0.3) is 0 Å². The maximum absolute atomic E-state index is 13.1. The average molecular weight is 367 g/mol. The molecule has 2 aliphatic rings. The van der Waals surface area contributed by atoms with Crippen molar-refractivity contribution in [1.82, 2.24) is 5.32 Å². The highest BCUT2D eigenvalue weighted by Crippen LogP contribution is 2.46. The quantitative estimate of drug-likeness (QED) is 0.801. The van der Waals surface area contributed by atoms with Crippen LogP contribution in [-0.4, -0.2) is 18.4 Å². The predicted octanol–water partition coefficient (Wildman–Crippen LogP) is 4.42. The number of carbonyl (C=O) groups is 2. The fraction of sp³-hybridized carbons (Fsp3) is 0.478. The van der Waals surface area contributed by atoms with E-state index in [-0.39, 0.29) is 23.1 Å². The molecule has 1 atom stereocenters. The van der Waals surface area contributed by atoms with E-state index in [2.05, 4.69) is 38.2 Å². The molecular weight excluding hydrogens is 338 g/mol. The molecule has 3 rings (SSSR count). The Morgan fingerprint density at radius 3 is 2.44 bits per heavy atom. The summed E-state index contributed by atoms with van der Waals surface area (Å²) in [6.07, 6.45) is 2.24. The van der Waals surface area contributed by atoms with E-state index in [4.69, 9.17) is 4.74 Å². The lowest BCUT2D eigenvalue weighted by Crippen LogP contribution is -2.38. The first-order valence-corrected chi connectivity index (χ1v) is 9.77. The summed E-state index contributed by atoms with van der Waals surface area (Å²) in [5.74, 6) is -0.598. The number of esters is 1. The molecule has 0 saturated heterocycles. The van der Waals surface area contributed by atoms with Gasteiger partial charge in [0, 0.05) is 29.3 Å². The highest BCUT2D eigenvalue weighted by molar-refractivity contribution is 6.04. The summed E-state index contributed by atoms with van der Waals surface area (Å²) in [4.78, 5) is 25.9. The summed E-state index contributed by atoms with van der Waals surface area (Å²) in [6.45, 7) is 10.3. The van der Waals surface area contributed by atoms with Crippen LogP contribution in [0, 0.1) is 5.41 Å². The number of nitrogens with one attached hydrogen (secondary N) is 1. The number of benzene rings is 1. The standard InChI is InChI=1S/C23H29NO3/c1-6-15-8-10-16(11-9-15)20-19(22(26)27-7-2)14(3)24-17-12-23(4,5)13-18(25)21(17)20/h8-11,20,24H,6-7,12-13H2,1-5H3. The Morgan fingerprint density at radius 1 is 1.19 bits per heavy atom. The SMILES string of the molecule is CCOC(=O)C1=C(C)NC2=C(C(=O)CC(C)(C)C2)C1c1ccc(CC)cc1. The van der Waals surface area contributed by atoms with E-state index in [1.54, 1.807) is 6.92 Å². The number of ketones is 1. The normalized spacial score (nSPS) is 21.7. The molecule has 0 amide bonds. The van der Waals surface area contributed by atoms with Crippen LogP contribution >= 0.6 is 0 Å². The van der Waals surface area contributed by atoms with Gasteiger partial charge in [0.15, 0.2) is 5.78 Å². The summed E-state index contributed by atoms with van der Waals surface area (Å²) in [5, 5.41) is 3.35. The maximum Gasteiger partial charge on any atom is 0.336 e. The molecule has 1 aliphatic heterocycles. The Labute approximate surface area is 161 Å². The molecular formula is C23H29NO3. The molecule has 1 heterocycles. The van der Waals surface area contributed by atoms with Crippen molar-refractivity contribution in [2.75, 3.05) is 6.61 Å². The third kappa shape index (κ3) is 3.71. The molecule has 0 radical (unpaired) electrons. The van der Waals surface area contributed by atoms with Crippen molar-refractivity contribution in [2.24, 2.45) is 5.41 Å². The van der Waals surface area contributed by atoms with Crippen LogP contribution in [0.3, 0.4) is 0 Å². The first kappa shape index (κ1) is 19.4. The summed E-state index contributed by atoms with van der Waals surface area (Å²) in [5.41, 5.74) is 5.13. The summed E-state index contributed by atoms with van der Waals surface area (Å²) in [7, 11) is 0. The minimum Gasteiger partial charge on any atom is -0.463 e. The van der Waals surface area contributed by atoms with Gasteiger partial charge in [0.1, 0.15) is 0 Å². The number of hydrogen-bond donors (Lipinski definition) is 1. The first-order chi connectivity index (χ1) is 12.8. The Kier molecular flexibility index (Phi) is 5.27. The van der Waals surface area contributed by atoms with E-state index in [1.807, 2.05) is 19.1 Å². The van der Waals surface area contributed by atoms with Crippen molar-refractivity contribution in [1.29, 1.82) is 0 Å². The zero-order valence-corrected chi connectivity index (χ0v) is 16.9. The monoisotopic (exact) mass is 367 g/mol. The second-order valence-electron chi connectivity index (χ2n) is 8.25. The number of rotatable bonds is 4. The zero-order valence-electron chi connectivity index (χ0n) is 16.9. The van der Waals surface area contributed by atoms with Crippen LogP contribution in [0.5, 0.6) is 0 Å². The minimum absolute atomic E-state index is 0.0821. The molecule has 0 spiro atoms. The van der Waals surface area contributed by atoms with Crippen LogP contribution in [0.4, 0.5) is 0 Å². The number of Topliss-reactive ketones (excluding diaryl/α,β-unsaturated/α-hetero) is 1. The van der Waals surface area contributed by atoms with E-state index < -0.39 is 0 Å². The summed E-state index contributed by atoms with van der Waals surface area (Å²) in [6, 6.07) is 8.23. The molecule has 0 bridgehead atoms. The average Bonchev–Trinajstić information content (AvgIpc) is 2.59. The van der Waals surface area contributed by atoms with E-state index >= 15 is 0 Å². The van der Waals surface area contributed by atoms with Gasteiger partial charge in [0.05, 0.1) is 12.2 Å². The predicted molar refractivity (Wildman–Crippen MR) is 106 cm³/mol. The van der Waals surface area contributed by atoms with Crippen molar-refractivity contribution in [3.8, 4) is 0 Å². The molecule has 27 heavy (non-hydrogen) atoms. The van der Waals surface area contributed by atoms with Crippen LogP contribution in [0.1, 0.15) is 64.5 Å². The summed E-state index contributed by atoms with van der Waals surface area (Å²) >= 11 is 0. The van der Waals surface area contributed by atoms with Gasteiger partial charge < -0.3 is 10.1 Å². The maximum atomic E-state index is 13.1. The van der Waals surface area contributed by atoms with E-state index in [0.29, 0.717) is 18.6 Å². The van der Waals surface area contributed by atoms with Crippen molar-refractivity contribution >= 4 is 11.8 Å². The second kappa shape index (κ2) is 7.34. The minimum atomic E-state index is -0.366. The highest BCUT2D eigenvalue weighted by atomic mass is 16.5. The van der Waals surface area contributed by atoms with Crippen LogP contribution in [-0.2, 0) is 20.7 Å². The third-order valence-corrected chi connectivity index (χ3v) is 5.46. The number of dihydropyridines is 1. The van der Waals surface area contributed by atoms with Crippen molar-refractivity contribution in [3.05, 3.63) is 57.9 Å². The van der Waals surface area contributed by atoms with Crippen LogP contribution in [0.15, 0.2) is 46.8 Å². The van der Waals surface area contributed by atoms with E-state index in [9.17, 15) is 9.59 Å². The molecule has 0 saturated carbocycles. The number of aryl methyl sites for hydroxylation is 1. The van der Waals surface area contributed by atoms with Gasteiger partial charge >= 0.3 is 5.97 Å². The van der Waals surface area contributed by atoms with Crippen LogP contribution in [0.2, 0.25) is 0 Å². The molecule has 144 valence electrons. The van der Waals surface area contributed by atoms with Gasteiger partial charge in [0.2, 0.25) is 0 Å². The van der Waals surface area contributed by atoms with Gasteiger partial charge in [-0.3, -0.25) is 4.79 Å². The van der Waals surface area contributed by atoms with Crippen molar-refractivity contribution in [3.63, 3.8) is 0 Å². The Balaban J connectivity index is 2.15. The fourth-order valence-electron chi connectivity index (χ4n) is 4.19. The third-order valence-electron chi connectivity index (χ3n) is 5.46. The smallest absolute Gasteiger partial charge is 0.336 e. The molecule has 1 aromatic carbocycles. The lowest BCUT2D eigenvalue weighted by Gasteiger charge is -2.39. The fourth-order valence-corrected chi connectivity index (χ4v) is 4.19. The van der Waals surface area contributed by atoms with Crippen molar-refractivity contribution in [2.45, 2.75) is 59.8 Å². The topological polar surface area (TPSA) is 55.4 Å². The lowest BCUT2D eigenvalue weighted by molar-refractivity contribution is -0.138. The first-order valence-electron chi connectivity index (χ1n) is 9.77. The Hall–Kier alpha value is -2.36. The van der Waals surface area contributed by atoms with Gasteiger partial charge in [0.25, 0.3) is 0 Å². The number of allylic oxidation sites excluding steroid dienone is 3. The van der Waals surface area contributed by atoms with E-state index in [0.717, 1.165) is 35.4 Å². The number of ether oxygens (including phenoxy) is 1.